The van der Waals surface area contributed by atoms with Gasteiger partial charge in [-0.1, -0.05) is 19.1 Å². The van der Waals surface area contributed by atoms with Gasteiger partial charge in [-0.2, -0.15) is 0 Å². The molecule has 0 N–H and O–H groups in total. The van der Waals surface area contributed by atoms with Crippen LogP contribution in [-0.2, 0) is 0 Å². The van der Waals surface area contributed by atoms with Crippen molar-refractivity contribution in [3.05, 3.63) is 12.2 Å². The lowest BCUT2D eigenvalue weighted by Gasteiger charge is -2.19. The summed E-state index contributed by atoms with van der Waals surface area (Å²) in [6.07, 6.45) is 4.37. The van der Waals surface area contributed by atoms with Gasteiger partial charge in [-0.15, -0.1) is 0 Å². The molecule has 2 saturated carbocycles. The van der Waals surface area contributed by atoms with Crippen LogP contribution in [0, 0.1) is 17.8 Å². The lowest BCUT2D eigenvalue weighted by molar-refractivity contribution is 0.436. The molecule has 2 aliphatic rings. The summed E-state index contributed by atoms with van der Waals surface area (Å²) < 4.78 is 0. The largest absolute Gasteiger partial charge is 0.0993 e. The molecule has 0 nitrogen and oxygen atoms in total. The Kier molecular flexibility index (Phi) is 0.992. The first-order chi connectivity index (χ1) is 4.29. The normalized spacial score (nSPS) is 48.6. The average Bonchev–Trinajstić information content (AvgIpc) is 2.37. The third-order valence-electron chi connectivity index (χ3n) is 3.29. The molecule has 0 aromatic heterocycles. The van der Waals surface area contributed by atoms with Crippen LogP contribution in [0.15, 0.2) is 12.2 Å². The molecule has 2 fully saturated rings. The minimum atomic E-state index is 0.851. The Labute approximate surface area is 57.0 Å². The zero-order chi connectivity index (χ0) is 6.43. The van der Waals surface area contributed by atoms with Crippen molar-refractivity contribution in [1.29, 1.82) is 0 Å². The third-order valence-corrected chi connectivity index (χ3v) is 3.29. The minimum Gasteiger partial charge on any atom is -0.0993 e. The smallest absolute Gasteiger partial charge is 0.0200 e. The first-order valence-corrected chi connectivity index (χ1v) is 3.97. The Morgan fingerprint density at radius 2 is 2.22 bits per heavy atom. The molecule has 0 aliphatic heterocycles. The fourth-order valence-corrected chi connectivity index (χ4v) is 2.48. The minimum absolute atomic E-state index is 0.851. The number of fused-ring (bicyclic) bond motifs is 2. The molecule has 50 valence electrons. The van der Waals surface area contributed by atoms with Gasteiger partial charge in [0.15, 0.2) is 0 Å². The van der Waals surface area contributed by atoms with Gasteiger partial charge in [-0.3, -0.25) is 0 Å². The maximum atomic E-state index is 4.12. The Morgan fingerprint density at radius 3 is 2.56 bits per heavy atom. The van der Waals surface area contributed by atoms with Crippen molar-refractivity contribution in [2.45, 2.75) is 26.2 Å². The van der Waals surface area contributed by atoms with Crippen molar-refractivity contribution in [1.82, 2.24) is 0 Å². The molecular formula is C9H14. The topological polar surface area (TPSA) is 0 Å². The van der Waals surface area contributed by atoms with E-state index in [1.807, 2.05) is 0 Å². The highest BCUT2D eigenvalue weighted by Crippen LogP contribution is 2.50. The van der Waals surface area contributed by atoms with Crippen LogP contribution in [0.1, 0.15) is 26.2 Å². The molecule has 0 spiro atoms. The van der Waals surface area contributed by atoms with Gasteiger partial charge in [0.05, 0.1) is 0 Å². The van der Waals surface area contributed by atoms with Crippen LogP contribution in [0.4, 0.5) is 0 Å². The van der Waals surface area contributed by atoms with E-state index in [1.54, 1.807) is 5.57 Å². The first-order valence-electron chi connectivity index (χ1n) is 3.97. The summed E-state index contributed by atoms with van der Waals surface area (Å²) in [6, 6.07) is 0. The molecule has 2 bridgehead atoms. The van der Waals surface area contributed by atoms with Crippen molar-refractivity contribution >= 4 is 0 Å². The monoisotopic (exact) mass is 122 g/mol. The number of hydrogen-bond donors (Lipinski definition) is 0. The van der Waals surface area contributed by atoms with E-state index in [4.69, 9.17) is 0 Å². The van der Waals surface area contributed by atoms with Crippen molar-refractivity contribution in [2.24, 2.45) is 17.8 Å². The van der Waals surface area contributed by atoms with Crippen LogP contribution in [0.3, 0.4) is 0 Å². The predicted octanol–water partition coefficient (Wildman–Crippen LogP) is 2.61. The van der Waals surface area contributed by atoms with E-state index >= 15 is 0 Å². The summed E-state index contributed by atoms with van der Waals surface area (Å²) in [5.74, 6) is 2.79. The fourth-order valence-electron chi connectivity index (χ4n) is 2.48. The molecule has 0 unspecified atom stereocenters. The Balaban J connectivity index is 2.25. The summed E-state index contributed by atoms with van der Waals surface area (Å²) in [6.45, 7) is 6.46. The molecule has 0 radical (unpaired) electrons. The first kappa shape index (κ1) is 5.52. The van der Waals surface area contributed by atoms with Crippen LogP contribution in [0.2, 0.25) is 0 Å². The van der Waals surface area contributed by atoms with Gasteiger partial charge in [0.1, 0.15) is 0 Å². The average molecular weight is 122 g/mol. The van der Waals surface area contributed by atoms with Gasteiger partial charge in [0.25, 0.3) is 0 Å². The quantitative estimate of drug-likeness (QED) is 0.433. The maximum Gasteiger partial charge on any atom is -0.0200 e. The summed E-state index contributed by atoms with van der Waals surface area (Å²) in [5, 5.41) is 0. The van der Waals surface area contributed by atoms with E-state index in [0.717, 1.165) is 17.8 Å². The molecule has 0 aromatic rings. The molecular weight excluding hydrogens is 108 g/mol. The van der Waals surface area contributed by atoms with Gasteiger partial charge in [-0.25, -0.2) is 0 Å². The maximum absolute atomic E-state index is 4.12. The van der Waals surface area contributed by atoms with E-state index in [1.165, 1.54) is 19.3 Å². The standard InChI is InChI=1S/C9H14/c1-6-7(2)9-4-3-8(6)5-9/h7-9H,1,3-5H2,2H3/t7-,8-,9+/m0/s1. The van der Waals surface area contributed by atoms with E-state index in [2.05, 4.69) is 13.5 Å². The molecule has 3 atom stereocenters. The summed E-state index contributed by atoms with van der Waals surface area (Å²) in [4.78, 5) is 0. The molecule has 0 saturated heterocycles. The summed E-state index contributed by atoms with van der Waals surface area (Å²) in [5.41, 5.74) is 1.55. The SMILES string of the molecule is C=C1[C@H]2CC[C@H](C2)[C@H]1C. The summed E-state index contributed by atoms with van der Waals surface area (Å²) in [7, 11) is 0. The van der Waals surface area contributed by atoms with Crippen LogP contribution < -0.4 is 0 Å². The molecule has 0 heteroatoms. The van der Waals surface area contributed by atoms with Gasteiger partial charge in [0, 0.05) is 0 Å². The van der Waals surface area contributed by atoms with Crippen LogP contribution in [0.25, 0.3) is 0 Å². The zero-order valence-corrected chi connectivity index (χ0v) is 6.06. The molecule has 0 aromatic carbocycles. The van der Waals surface area contributed by atoms with Crippen molar-refractivity contribution in [3.63, 3.8) is 0 Å². The Bertz CT molecular complexity index is 142. The van der Waals surface area contributed by atoms with E-state index in [0.29, 0.717) is 0 Å². The van der Waals surface area contributed by atoms with E-state index in [9.17, 15) is 0 Å². The van der Waals surface area contributed by atoms with Crippen molar-refractivity contribution in [3.8, 4) is 0 Å². The third kappa shape index (κ3) is 0.593. The van der Waals surface area contributed by atoms with Crippen molar-refractivity contribution in [2.75, 3.05) is 0 Å². The fraction of sp³-hybridized carbons (Fsp3) is 0.778. The highest BCUT2D eigenvalue weighted by molar-refractivity contribution is 5.16. The zero-order valence-electron chi connectivity index (χ0n) is 6.06. The Morgan fingerprint density at radius 1 is 1.44 bits per heavy atom. The highest BCUT2D eigenvalue weighted by atomic mass is 14.4. The second-order valence-electron chi connectivity index (χ2n) is 3.63. The van der Waals surface area contributed by atoms with Crippen LogP contribution in [0.5, 0.6) is 0 Å². The number of hydrogen-bond acceptors (Lipinski definition) is 0. The lowest BCUT2D eigenvalue weighted by atomic mass is 9.87. The van der Waals surface area contributed by atoms with E-state index in [-0.39, 0.29) is 0 Å². The molecule has 2 aliphatic carbocycles. The Hall–Kier alpha value is -0.260. The van der Waals surface area contributed by atoms with Gasteiger partial charge < -0.3 is 0 Å². The predicted molar refractivity (Wildman–Crippen MR) is 39.1 cm³/mol. The highest BCUT2D eigenvalue weighted by Gasteiger charge is 2.39. The molecule has 0 heterocycles. The number of rotatable bonds is 0. The van der Waals surface area contributed by atoms with E-state index < -0.39 is 0 Å². The molecule has 0 amide bonds. The van der Waals surface area contributed by atoms with Crippen LogP contribution >= 0.6 is 0 Å². The molecule has 9 heavy (non-hydrogen) atoms. The lowest BCUT2D eigenvalue weighted by Crippen LogP contribution is -2.08. The summed E-state index contributed by atoms with van der Waals surface area (Å²) >= 11 is 0. The molecule has 2 rings (SSSR count). The van der Waals surface area contributed by atoms with Gasteiger partial charge in [-0.05, 0) is 37.0 Å². The van der Waals surface area contributed by atoms with Crippen LogP contribution in [-0.4, -0.2) is 0 Å². The second-order valence-corrected chi connectivity index (χ2v) is 3.63. The number of allylic oxidation sites excluding steroid dienone is 1. The van der Waals surface area contributed by atoms with Crippen molar-refractivity contribution < 1.29 is 0 Å². The van der Waals surface area contributed by atoms with Gasteiger partial charge in [0.2, 0.25) is 0 Å². The second kappa shape index (κ2) is 1.62. The van der Waals surface area contributed by atoms with Gasteiger partial charge >= 0.3 is 0 Å².